The van der Waals surface area contributed by atoms with Gasteiger partial charge in [0, 0.05) is 19.6 Å². The van der Waals surface area contributed by atoms with E-state index in [1.165, 1.54) is 18.4 Å². The molecule has 108 valence electrons. The lowest BCUT2D eigenvalue weighted by Gasteiger charge is -2.41. The van der Waals surface area contributed by atoms with Gasteiger partial charge >= 0.3 is 0 Å². The number of carbonyl (C=O) groups is 1. The number of para-hydroxylation sites is 1. The molecule has 2 aliphatic rings. The molecule has 1 aromatic rings. The van der Waals surface area contributed by atoms with Crippen LogP contribution in [0.25, 0.3) is 0 Å². The average molecular weight is 274 g/mol. The van der Waals surface area contributed by atoms with E-state index in [-0.39, 0.29) is 12.1 Å². The Balaban J connectivity index is 2.04. The molecule has 20 heavy (non-hydrogen) atoms. The van der Waals surface area contributed by atoms with Crippen LogP contribution in [0.2, 0.25) is 0 Å². The summed E-state index contributed by atoms with van der Waals surface area (Å²) in [5, 5.41) is 10.6. The molecule has 0 saturated carbocycles. The van der Waals surface area contributed by atoms with E-state index in [0.717, 1.165) is 25.2 Å². The molecule has 0 aliphatic carbocycles. The Morgan fingerprint density at radius 2 is 2.00 bits per heavy atom. The maximum atomic E-state index is 12.3. The normalized spacial score (nSPS) is 23.9. The average Bonchev–Trinajstić information content (AvgIpc) is 2.97. The lowest BCUT2D eigenvalue weighted by molar-refractivity contribution is -0.123. The second-order valence-corrected chi connectivity index (χ2v) is 5.37. The van der Waals surface area contributed by atoms with E-state index in [1.54, 1.807) is 0 Å². The molecule has 0 spiro atoms. The number of fused-ring (bicyclic) bond motifs is 1. The van der Waals surface area contributed by atoms with E-state index in [1.807, 2.05) is 13.1 Å². The lowest BCUT2D eigenvalue weighted by Crippen LogP contribution is -2.61. The van der Waals surface area contributed by atoms with Gasteiger partial charge in [0.15, 0.2) is 6.17 Å². The molecule has 1 aromatic carbocycles. The Hall–Kier alpha value is -1.59. The Labute approximate surface area is 119 Å². The SMILES string of the molecule is CNC1C(=O)NCCc2ccccc2N1N1CCCC1. The molecule has 0 radical (unpaired) electrons. The van der Waals surface area contributed by atoms with Gasteiger partial charge in [0.2, 0.25) is 0 Å². The van der Waals surface area contributed by atoms with Crippen molar-refractivity contribution in [3.63, 3.8) is 0 Å². The Kier molecular flexibility index (Phi) is 3.89. The second-order valence-electron chi connectivity index (χ2n) is 5.37. The van der Waals surface area contributed by atoms with Crippen LogP contribution in [0.1, 0.15) is 18.4 Å². The summed E-state index contributed by atoms with van der Waals surface area (Å²) in [5.74, 6) is 0.0499. The van der Waals surface area contributed by atoms with Crippen molar-refractivity contribution in [3.05, 3.63) is 29.8 Å². The van der Waals surface area contributed by atoms with Gasteiger partial charge in [-0.2, -0.15) is 0 Å². The van der Waals surface area contributed by atoms with E-state index < -0.39 is 0 Å². The molecule has 1 amide bonds. The number of likely N-dealkylation sites (N-methyl/N-ethyl adjacent to an activating group) is 1. The third-order valence-electron chi connectivity index (χ3n) is 4.09. The summed E-state index contributed by atoms with van der Waals surface area (Å²) in [4.78, 5) is 12.3. The molecule has 0 bridgehead atoms. The van der Waals surface area contributed by atoms with Crippen LogP contribution in [0.3, 0.4) is 0 Å². The molecular weight excluding hydrogens is 252 g/mol. The molecule has 5 heteroatoms. The first-order valence-electron chi connectivity index (χ1n) is 7.38. The van der Waals surface area contributed by atoms with Gasteiger partial charge in [-0.05, 0) is 37.9 Å². The van der Waals surface area contributed by atoms with Gasteiger partial charge in [-0.25, -0.2) is 5.01 Å². The maximum absolute atomic E-state index is 12.3. The van der Waals surface area contributed by atoms with Gasteiger partial charge < -0.3 is 5.32 Å². The summed E-state index contributed by atoms with van der Waals surface area (Å²) >= 11 is 0. The van der Waals surface area contributed by atoms with Crippen LogP contribution in [-0.2, 0) is 11.2 Å². The number of benzene rings is 1. The highest BCUT2D eigenvalue weighted by atomic mass is 16.2. The van der Waals surface area contributed by atoms with Crippen molar-refractivity contribution < 1.29 is 4.79 Å². The molecule has 1 saturated heterocycles. The van der Waals surface area contributed by atoms with Crippen molar-refractivity contribution in [1.29, 1.82) is 0 Å². The van der Waals surface area contributed by atoms with Crippen molar-refractivity contribution in [1.82, 2.24) is 15.6 Å². The topological polar surface area (TPSA) is 47.6 Å². The summed E-state index contributed by atoms with van der Waals surface area (Å²) in [6.07, 6.45) is 2.92. The molecular formula is C15H22N4O. The van der Waals surface area contributed by atoms with Gasteiger partial charge in [-0.3, -0.25) is 15.1 Å². The van der Waals surface area contributed by atoms with E-state index in [2.05, 4.69) is 38.9 Å². The highest BCUT2D eigenvalue weighted by molar-refractivity contribution is 5.85. The number of carbonyl (C=O) groups excluding carboxylic acids is 1. The van der Waals surface area contributed by atoms with Gasteiger partial charge in [0.25, 0.3) is 5.91 Å². The summed E-state index contributed by atoms with van der Waals surface area (Å²) in [5.41, 5.74) is 2.45. The van der Waals surface area contributed by atoms with Crippen LogP contribution in [-0.4, -0.2) is 43.8 Å². The van der Waals surface area contributed by atoms with Crippen LogP contribution >= 0.6 is 0 Å². The zero-order valence-corrected chi connectivity index (χ0v) is 11.9. The monoisotopic (exact) mass is 274 g/mol. The Morgan fingerprint density at radius 3 is 2.75 bits per heavy atom. The fourth-order valence-electron chi connectivity index (χ4n) is 3.10. The molecule has 1 unspecified atom stereocenters. The fourth-order valence-corrected chi connectivity index (χ4v) is 3.10. The van der Waals surface area contributed by atoms with Gasteiger partial charge in [-0.1, -0.05) is 18.2 Å². The van der Waals surface area contributed by atoms with Crippen LogP contribution in [0.4, 0.5) is 5.69 Å². The van der Waals surface area contributed by atoms with Crippen molar-refractivity contribution in [2.75, 3.05) is 31.7 Å². The molecule has 2 N–H and O–H groups in total. The number of nitrogens with one attached hydrogen (secondary N) is 2. The second kappa shape index (κ2) is 5.81. The zero-order valence-electron chi connectivity index (χ0n) is 11.9. The molecule has 1 fully saturated rings. The Morgan fingerprint density at radius 1 is 1.25 bits per heavy atom. The van der Waals surface area contributed by atoms with Gasteiger partial charge in [0.05, 0.1) is 5.69 Å². The third kappa shape index (κ3) is 2.39. The van der Waals surface area contributed by atoms with E-state index in [9.17, 15) is 4.79 Å². The molecule has 1 atom stereocenters. The van der Waals surface area contributed by atoms with Gasteiger partial charge in [0.1, 0.15) is 0 Å². The van der Waals surface area contributed by atoms with Crippen LogP contribution in [0.15, 0.2) is 24.3 Å². The predicted molar refractivity (Wildman–Crippen MR) is 79.3 cm³/mol. The van der Waals surface area contributed by atoms with Crippen molar-refractivity contribution in [2.24, 2.45) is 0 Å². The number of hydrazine groups is 1. The number of hydrogen-bond donors (Lipinski definition) is 2. The highest BCUT2D eigenvalue weighted by Gasteiger charge is 2.33. The summed E-state index contributed by atoms with van der Waals surface area (Å²) in [6, 6.07) is 8.39. The summed E-state index contributed by atoms with van der Waals surface area (Å²) in [6.45, 7) is 2.72. The first-order valence-corrected chi connectivity index (χ1v) is 7.38. The van der Waals surface area contributed by atoms with Crippen LogP contribution in [0, 0.1) is 0 Å². The van der Waals surface area contributed by atoms with Crippen LogP contribution in [0.5, 0.6) is 0 Å². The quantitative estimate of drug-likeness (QED) is 0.834. The number of nitrogens with zero attached hydrogens (tertiary/aromatic N) is 2. The maximum Gasteiger partial charge on any atom is 0.259 e. The standard InChI is InChI=1S/C15H22N4O/c1-16-14-15(20)17-9-8-12-6-2-3-7-13(12)19(14)18-10-4-5-11-18/h2-3,6-7,14,16H,4-5,8-11H2,1H3,(H,17,20). The first kappa shape index (κ1) is 13.4. The summed E-state index contributed by atoms with van der Waals surface area (Å²) < 4.78 is 0. The lowest BCUT2D eigenvalue weighted by atomic mass is 10.1. The minimum Gasteiger partial charge on any atom is -0.353 e. The smallest absolute Gasteiger partial charge is 0.259 e. The molecule has 2 heterocycles. The van der Waals surface area contributed by atoms with Crippen molar-refractivity contribution in [2.45, 2.75) is 25.4 Å². The number of amides is 1. The number of hydrogen-bond acceptors (Lipinski definition) is 4. The minimum atomic E-state index is -0.338. The van der Waals surface area contributed by atoms with E-state index >= 15 is 0 Å². The van der Waals surface area contributed by atoms with Crippen LogP contribution < -0.4 is 15.6 Å². The number of anilines is 1. The highest BCUT2D eigenvalue weighted by Crippen LogP contribution is 2.27. The zero-order chi connectivity index (χ0) is 13.9. The molecule has 5 nitrogen and oxygen atoms in total. The fraction of sp³-hybridized carbons (Fsp3) is 0.533. The Bertz CT molecular complexity index is 485. The largest absolute Gasteiger partial charge is 0.353 e. The third-order valence-corrected chi connectivity index (χ3v) is 4.09. The van der Waals surface area contributed by atoms with Crippen molar-refractivity contribution >= 4 is 11.6 Å². The van der Waals surface area contributed by atoms with Crippen molar-refractivity contribution in [3.8, 4) is 0 Å². The van der Waals surface area contributed by atoms with E-state index in [4.69, 9.17) is 0 Å². The first-order chi connectivity index (χ1) is 9.81. The number of rotatable bonds is 2. The van der Waals surface area contributed by atoms with Gasteiger partial charge in [-0.15, -0.1) is 0 Å². The minimum absolute atomic E-state index is 0.0499. The van der Waals surface area contributed by atoms with E-state index in [0.29, 0.717) is 6.54 Å². The molecule has 0 aromatic heterocycles. The predicted octanol–water partition coefficient (Wildman–Crippen LogP) is 0.722. The molecule has 3 rings (SSSR count). The summed E-state index contributed by atoms with van der Waals surface area (Å²) in [7, 11) is 1.84. The molecule has 2 aliphatic heterocycles.